The molecule has 142 valence electrons. The van der Waals surface area contributed by atoms with Gasteiger partial charge in [-0.1, -0.05) is 29.3 Å². The van der Waals surface area contributed by atoms with E-state index in [1.165, 1.54) is 25.1 Å². The summed E-state index contributed by atoms with van der Waals surface area (Å²) in [5.41, 5.74) is -1.07. The predicted octanol–water partition coefficient (Wildman–Crippen LogP) is 5.62. The lowest BCUT2D eigenvalue weighted by Crippen LogP contribution is -2.16. The normalized spacial score (nSPS) is 11.5. The summed E-state index contributed by atoms with van der Waals surface area (Å²) in [6.45, 7) is 1.18. The zero-order valence-electron chi connectivity index (χ0n) is 13.8. The number of alkyl halides is 3. The van der Waals surface area contributed by atoms with E-state index in [4.69, 9.17) is 23.2 Å². The largest absolute Gasteiger partial charge is 0.418 e. The van der Waals surface area contributed by atoms with Gasteiger partial charge < -0.3 is 10.6 Å². The Labute approximate surface area is 163 Å². The van der Waals surface area contributed by atoms with E-state index in [0.717, 1.165) is 18.2 Å². The Morgan fingerprint density at radius 1 is 1.04 bits per heavy atom. The number of benzene rings is 2. The van der Waals surface area contributed by atoms with Crippen LogP contribution in [0.25, 0.3) is 6.08 Å². The summed E-state index contributed by atoms with van der Waals surface area (Å²) >= 11 is 11.7. The minimum atomic E-state index is -4.72. The van der Waals surface area contributed by atoms with E-state index in [9.17, 15) is 22.8 Å². The van der Waals surface area contributed by atoms with E-state index in [-0.39, 0.29) is 5.69 Å². The molecule has 2 N–H and O–H groups in total. The zero-order chi connectivity index (χ0) is 20.2. The van der Waals surface area contributed by atoms with Crippen LogP contribution in [0.3, 0.4) is 0 Å². The molecule has 0 unspecified atom stereocenters. The van der Waals surface area contributed by atoms with Crippen LogP contribution in [0, 0.1) is 0 Å². The first-order valence-corrected chi connectivity index (χ1v) is 8.25. The topological polar surface area (TPSA) is 58.2 Å². The average Bonchev–Trinajstić information content (AvgIpc) is 2.54. The highest BCUT2D eigenvalue weighted by Gasteiger charge is 2.34. The number of carbonyl (C=O) groups excluding carboxylic acids is 2. The number of halogens is 5. The third-order valence-corrected chi connectivity index (χ3v) is 3.84. The van der Waals surface area contributed by atoms with Crippen LogP contribution in [-0.2, 0) is 15.8 Å². The smallest absolute Gasteiger partial charge is 0.326 e. The maximum Gasteiger partial charge on any atom is 0.418 e. The van der Waals surface area contributed by atoms with Crippen LogP contribution in [0.1, 0.15) is 18.1 Å². The number of carbonyl (C=O) groups is 2. The Kier molecular flexibility index (Phi) is 6.51. The van der Waals surface area contributed by atoms with Gasteiger partial charge in [-0.05, 0) is 42.0 Å². The number of nitrogens with one attached hydrogen (secondary N) is 2. The first-order chi connectivity index (χ1) is 12.6. The lowest BCUT2D eigenvalue weighted by atomic mass is 10.1. The molecule has 0 spiro atoms. The first-order valence-electron chi connectivity index (χ1n) is 7.49. The molecule has 0 atom stereocenters. The van der Waals surface area contributed by atoms with E-state index in [1.54, 1.807) is 12.1 Å². The quantitative estimate of drug-likeness (QED) is 0.635. The van der Waals surface area contributed by atoms with Crippen molar-refractivity contribution in [2.45, 2.75) is 13.1 Å². The standard InChI is InChI=1S/C18H13Cl2F3N2O2/c1-10(26)24-13-5-6-16(14(9-13)18(21,22)23)25-17(27)7-3-11-2-4-12(19)8-15(11)20/h2-9H,1H3,(H,24,26)(H,25,27)/b7-3+. The van der Waals surface area contributed by atoms with Crippen molar-refractivity contribution in [3.05, 3.63) is 63.6 Å². The van der Waals surface area contributed by atoms with Gasteiger partial charge in [0.1, 0.15) is 0 Å². The number of amides is 2. The van der Waals surface area contributed by atoms with E-state index in [1.807, 2.05) is 0 Å². The summed E-state index contributed by atoms with van der Waals surface area (Å²) in [5, 5.41) is 5.14. The molecular weight excluding hydrogens is 404 g/mol. The molecule has 0 aliphatic rings. The fraction of sp³-hybridized carbons (Fsp3) is 0.111. The number of hydrogen-bond acceptors (Lipinski definition) is 2. The second-order valence-corrected chi connectivity index (χ2v) is 6.27. The molecule has 4 nitrogen and oxygen atoms in total. The highest BCUT2D eigenvalue weighted by molar-refractivity contribution is 6.35. The summed E-state index contributed by atoms with van der Waals surface area (Å²) in [6.07, 6.45) is -2.32. The van der Waals surface area contributed by atoms with E-state index in [2.05, 4.69) is 10.6 Å². The van der Waals surface area contributed by atoms with Crippen LogP contribution in [0.5, 0.6) is 0 Å². The Morgan fingerprint density at radius 2 is 1.74 bits per heavy atom. The van der Waals surface area contributed by atoms with Gasteiger partial charge in [0, 0.05) is 28.7 Å². The molecule has 0 aliphatic heterocycles. The van der Waals surface area contributed by atoms with Gasteiger partial charge in [0.05, 0.1) is 11.3 Å². The molecule has 0 radical (unpaired) electrons. The highest BCUT2D eigenvalue weighted by Crippen LogP contribution is 2.36. The fourth-order valence-corrected chi connectivity index (χ4v) is 2.62. The highest BCUT2D eigenvalue weighted by atomic mass is 35.5. The maximum atomic E-state index is 13.2. The first kappa shape index (κ1) is 20.8. The van der Waals surface area contributed by atoms with Crippen molar-refractivity contribution in [1.82, 2.24) is 0 Å². The molecule has 0 aliphatic carbocycles. The van der Waals surface area contributed by atoms with Crippen molar-refractivity contribution in [3.63, 3.8) is 0 Å². The molecule has 2 amide bonds. The van der Waals surface area contributed by atoms with Crippen LogP contribution >= 0.6 is 23.2 Å². The van der Waals surface area contributed by atoms with Crippen molar-refractivity contribution >= 4 is 52.5 Å². The fourth-order valence-electron chi connectivity index (χ4n) is 2.15. The lowest BCUT2D eigenvalue weighted by molar-refractivity contribution is -0.137. The van der Waals surface area contributed by atoms with Crippen molar-refractivity contribution < 1.29 is 22.8 Å². The molecular formula is C18H13Cl2F3N2O2. The van der Waals surface area contributed by atoms with Gasteiger partial charge in [0.15, 0.2) is 0 Å². The Morgan fingerprint density at radius 3 is 2.33 bits per heavy atom. The minimum absolute atomic E-state index is 0.0312. The lowest BCUT2D eigenvalue weighted by Gasteiger charge is -2.15. The van der Waals surface area contributed by atoms with Gasteiger partial charge in [-0.3, -0.25) is 9.59 Å². The van der Waals surface area contributed by atoms with Crippen molar-refractivity contribution in [2.75, 3.05) is 10.6 Å². The average molecular weight is 417 g/mol. The number of rotatable bonds is 4. The maximum absolute atomic E-state index is 13.2. The van der Waals surface area contributed by atoms with Gasteiger partial charge >= 0.3 is 6.18 Å². The van der Waals surface area contributed by atoms with Gasteiger partial charge in [-0.2, -0.15) is 13.2 Å². The second-order valence-electron chi connectivity index (χ2n) is 5.43. The van der Waals surface area contributed by atoms with Gasteiger partial charge in [0.25, 0.3) is 0 Å². The molecule has 0 fully saturated rings. The number of hydrogen-bond donors (Lipinski definition) is 2. The van der Waals surface area contributed by atoms with Crippen LogP contribution in [0.2, 0.25) is 10.0 Å². The Bertz CT molecular complexity index is 912. The van der Waals surface area contributed by atoms with E-state index >= 15 is 0 Å². The Hall–Kier alpha value is -2.51. The summed E-state index contributed by atoms with van der Waals surface area (Å²) in [7, 11) is 0. The second kappa shape index (κ2) is 8.45. The molecule has 9 heteroatoms. The zero-order valence-corrected chi connectivity index (χ0v) is 15.3. The molecule has 0 bridgehead atoms. The molecule has 2 aromatic carbocycles. The molecule has 0 saturated carbocycles. The summed E-state index contributed by atoms with van der Waals surface area (Å²) in [6, 6.07) is 7.67. The van der Waals surface area contributed by atoms with Crippen LogP contribution in [-0.4, -0.2) is 11.8 Å². The SMILES string of the molecule is CC(=O)Nc1ccc(NC(=O)/C=C/c2ccc(Cl)cc2Cl)c(C(F)(F)F)c1. The molecule has 2 rings (SSSR count). The number of anilines is 2. The summed E-state index contributed by atoms with van der Waals surface area (Å²) in [4.78, 5) is 23.0. The summed E-state index contributed by atoms with van der Waals surface area (Å²) in [5.74, 6) is -1.29. The molecule has 27 heavy (non-hydrogen) atoms. The monoisotopic (exact) mass is 416 g/mol. The van der Waals surface area contributed by atoms with Gasteiger partial charge in [-0.15, -0.1) is 0 Å². The Balaban J connectivity index is 2.23. The predicted molar refractivity (Wildman–Crippen MR) is 99.9 cm³/mol. The van der Waals surface area contributed by atoms with Crippen LogP contribution < -0.4 is 10.6 Å². The summed E-state index contributed by atoms with van der Waals surface area (Å²) < 4.78 is 39.7. The van der Waals surface area contributed by atoms with Crippen molar-refractivity contribution in [2.24, 2.45) is 0 Å². The van der Waals surface area contributed by atoms with Gasteiger partial charge in [-0.25, -0.2) is 0 Å². The molecule has 0 aromatic heterocycles. The van der Waals surface area contributed by atoms with Gasteiger partial charge in [0.2, 0.25) is 11.8 Å². The van der Waals surface area contributed by atoms with Crippen LogP contribution in [0.15, 0.2) is 42.5 Å². The molecule has 2 aromatic rings. The van der Waals surface area contributed by atoms with E-state index in [0.29, 0.717) is 15.6 Å². The van der Waals surface area contributed by atoms with Crippen molar-refractivity contribution in [1.29, 1.82) is 0 Å². The third-order valence-electron chi connectivity index (χ3n) is 3.28. The minimum Gasteiger partial charge on any atom is -0.326 e. The van der Waals surface area contributed by atoms with Crippen LogP contribution in [0.4, 0.5) is 24.5 Å². The third kappa shape index (κ3) is 6.01. The van der Waals surface area contributed by atoms with E-state index < -0.39 is 29.2 Å². The molecule has 0 saturated heterocycles. The molecule has 0 heterocycles. The van der Waals surface area contributed by atoms with Crippen molar-refractivity contribution in [3.8, 4) is 0 Å².